The largest absolute Gasteiger partial charge is 0.353 e. The molecule has 0 saturated carbocycles. The monoisotopic (exact) mass is 379 g/mol. The maximum atomic E-state index is 12.4. The van der Waals surface area contributed by atoms with Gasteiger partial charge in [-0.1, -0.05) is 41.4 Å². The van der Waals surface area contributed by atoms with Crippen LogP contribution in [-0.2, 0) is 0 Å². The van der Waals surface area contributed by atoms with Gasteiger partial charge in [-0.05, 0) is 29.8 Å². The second kappa shape index (κ2) is 5.59. The van der Waals surface area contributed by atoms with Gasteiger partial charge in [-0.25, -0.2) is 0 Å². The van der Waals surface area contributed by atoms with Crippen molar-refractivity contribution in [3.63, 3.8) is 0 Å². The lowest BCUT2D eigenvalue weighted by atomic mass is 10.00. The maximum absolute atomic E-state index is 12.4. The summed E-state index contributed by atoms with van der Waals surface area (Å²) in [7, 11) is 0. The first-order chi connectivity index (χ1) is 12.6. The lowest BCUT2D eigenvalue weighted by molar-refractivity contribution is 1.31. The number of nitrogens with one attached hydrogen (secondary N) is 2. The highest BCUT2D eigenvalue weighted by atomic mass is 35.5. The van der Waals surface area contributed by atoms with Crippen molar-refractivity contribution >= 4 is 56.0 Å². The van der Waals surface area contributed by atoms with E-state index < -0.39 is 0 Å². The van der Waals surface area contributed by atoms with E-state index in [9.17, 15) is 4.79 Å². The van der Waals surface area contributed by atoms with Crippen LogP contribution < -0.4 is 5.56 Å². The topological polar surface area (TPSA) is 61.5 Å². The molecule has 0 unspecified atom stereocenters. The zero-order valence-electron chi connectivity index (χ0n) is 13.3. The number of nitrogens with zero attached hydrogens (tertiary/aromatic N) is 1. The number of rotatable bonds is 1. The number of H-pyrrole nitrogens is 2. The van der Waals surface area contributed by atoms with E-state index >= 15 is 0 Å². The molecule has 6 heteroatoms. The minimum Gasteiger partial charge on any atom is -0.353 e. The van der Waals surface area contributed by atoms with Crippen LogP contribution in [0.5, 0.6) is 0 Å². The Balaban J connectivity index is 1.97. The molecule has 5 aromatic rings. The molecule has 0 radical (unpaired) electrons. The number of hydrogen-bond acceptors (Lipinski definition) is 2. The first-order valence-corrected chi connectivity index (χ1v) is 8.75. The molecule has 2 N–H and O–H groups in total. The van der Waals surface area contributed by atoms with E-state index in [1.165, 1.54) is 0 Å². The Morgan fingerprint density at radius 2 is 1.77 bits per heavy atom. The third-order valence-corrected chi connectivity index (χ3v) is 5.06. The van der Waals surface area contributed by atoms with Crippen molar-refractivity contribution in [3.8, 4) is 11.1 Å². The lowest BCUT2D eigenvalue weighted by Gasteiger charge is -2.07. The van der Waals surface area contributed by atoms with Gasteiger partial charge in [0, 0.05) is 33.6 Å². The van der Waals surface area contributed by atoms with E-state index in [-0.39, 0.29) is 5.56 Å². The van der Waals surface area contributed by atoms with Gasteiger partial charge >= 0.3 is 0 Å². The van der Waals surface area contributed by atoms with Crippen LogP contribution in [0.15, 0.2) is 59.5 Å². The Bertz CT molecular complexity index is 1380. The zero-order chi connectivity index (χ0) is 17.8. The minimum absolute atomic E-state index is 0.194. The van der Waals surface area contributed by atoms with Crippen LogP contribution in [0, 0.1) is 0 Å². The molecule has 0 aliphatic heterocycles. The maximum Gasteiger partial charge on any atom is 0.249 e. The second-order valence-electron chi connectivity index (χ2n) is 6.11. The molecule has 0 spiro atoms. The molecule has 0 fully saturated rings. The Morgan fingerprint density at radius 3 is 2.65 bits per heavy atom. The quantitative estimate of drug-likeness (QED) is 0.402. The molecule has 2 aromatic carbocycles. The molecule has 3 heterocycles. The number of aromatic amines is 2. The van der Waals surface area contributed by atoms with Crippen molar-refractivity contribution in [2.45, 2.75) is 0 Å². The fraction of sp³-hybridized carbons (Fsp3) is 0. The number of fused-ring (bicyclic) bond motifs is 4. The van der Waals surface area contributed by atoms with Crippen LogP contribution in [0.4, 0.5) is 0 Å². The average molecular weight is 380 g/mol. The molecule has 4 nitrogen and oxygen atoms in total. The third-order valence-electron chi connectivity index (χ3n) is 4.54. The van der Waals surface area contributed by atoms with Gasteiger partial charge < -0.3 is 9.97 Å². The van der Waals surface area contributed by atoms with Crippen molar-refractivity contribution < 1.29 is 0 Å². The molecule has 5 rings (SSSR count). The fourth-order valence-corrected chi connectivity index (χ4v) is 4.08. The van der Waals surface area contributed by atoms with Crippen LogP contribution in [0.1, 0.15) is 0 Å². The summed E-state index contributed by atoms with van der Waals surface area (Å²) in [6.07, 6.45) is 1.75. The van der Waals surface area contributed by atoms with Crippen molar-refractivity contribution in [1.29, 1.82) is 0 Å². The molecule has 0 atom stereocenters. The molecular weight excluding hydrogens is 369 g/mol. The molecule has 0 amide bonds. The van der Waals surface area contributed by atoms with Gasteiger partial charge in [0.1, 0.15) is 0 Å². The summed E-state index contributed by atoms with van der Waals surface area (Å²) in [4.78, 5) is 23.0. The summed E-state index contributed by atoms with van der Waals surface area (Å²) in [6, 6.07) is 14.8. The van der Waals surface area contributed by atoms with Crippen molar-refractivity contribution in [2.24, 2.45) is 0 Å². The zero-order valence-corrected chi connectivity index (χ0v) is 14.8. The molecule has 0 aliphatic carbocycles. The summed E-state index contributed by atoms with van der Waals surface area (Å²) < 4.78 is 0. The molecule has 0 aliphatic rings. The molecule has 0 saturated heterocycles. The second-order valence-corrected chi connectivity index (χ2v) is 6.95. The Hall–Kier alpha value is -2.82. The van der Waals surface area contributed by atoms with Gasteiger partial charge in [0.05, 0.1) is 27.1 Å². The van der Waals surface area contributed by atoms with E-state index in [0.717, 1.165) is 38.4 Å². The smallest absolute Gasteiger partial charge is 0.249 e. The Kier molecular flexibility index (Phi) is 3.32. The highest BCUT2D eigenvalue weighted by Crippen LogP contribution is 2.37. The molecule has 26 heavy (non-hydrogen) atoms. The molecular formula is C20H11Cl2N3O. The summed E-state index contributed by atoms with van der Waals surface area (Å²) >= 11 is 12.5. The highest BCUT2D eigenvalue weighted by molar-refractivity contribution is 6.40. The third kappa shape index (κ3) is 2.23. The number of halogens is 2. The van der Waals surface area contributed by atoms with E-state index in [0.29, 0.717) is 15.6 Å². The van der Waals surface area contributed by atoms with E-state index in [1.54, 1.807) is 24.4 Å². The van der Waals surface area contributed by atoms with Gasteiger partial charge in [-0.15, -0.1) is 0 Å². The molecule has 3 aromatic heterocycles. The van der Waals surface area contributed by atoms with E-state index in [2.05, 4.69) is 15.0 Å². The molecule has 0 bridgehead atoms. The van der Waals surface area contributed by atoms with Crippen LogP contribution >= 0.6 is 23.2 Å². The van der Waals surface area contributed by atoms with Crippen molar-refractivity contribution in [3.05, 3.63) is 75.1 Å². The van der Waals surface area contributed by atoms with Crippen LogP contribution in [0.25, 0.3) is 44.0 Å². The van der Waals surface area contributed by atoms with Gasteiger partial charge in [0.25, 0.3) is 0 Å². The fourth-order valence-electron chi connectivity index (χ4n) is 3.49. The number of aromatic nitrogens is 3. The van der Waals surface area contributed by atoms with E-state index in [1.807, 2.05) is 30.3 Å². The minimum atomic E-state index is -0.194. The molecule has 126 valence electrons. The van der Waals surface area contributed by atoms with E-state index in [4.69, 9.17) is 23.2 Å². The van der Waals surface area contributed by atoms with Gasteiger partial charge in [-0.2, -0.15) is 0 Å². The van der Waals surface area contributed by atoms with Crippen LogP contribution in [0.3, 0.4) is 0 Å². The first kappa shape index (κ1) is 15.4. The predicted molar refractivity (Wildman–Crippen MR) is 107 cm³/mol. The summed E-state index contributed by atoms with van der Waals surface area (Å²) in [5.41, 5.74) is 4.66. The van der Waals surface area contributed by atoms with Gasteiger partial charge in [0.2, 0.25) is 5.56 Å². The van der Waals surface area contributed by atoms with Crippen LogP contribution in [0.2, 0.25) is 10.0 Å². The number of benzene rings is 2. The summed E-state index contributed by atoms with van der Waals surface area (Å²) in [6.45, 7) is 0. The number of hydrogen-bond donors (Lipinski definition) is 2. The lowest BCUT2D eigenvalue weighted by Crippen LogP contribution is -2.04. The standard InChI is InChI=1S/C20H11Cl2N3O/c21-10-7-14(22)18-16(8-10)24-19-13(9-17(26)25-20(18)19)11-3-1-5-15-12(11)4-2-6-23-15/h1-9,24H,(H,25,26). The van der Waals surface area contributed by atoms with Crippen molar-refractivity contribution in [2.75, 3.05) is 0 Å². The first-order valence-electron chi connectivity index (χ1n) is 8.00. The van der Waals surface area contributed by atoms with Crippen LogP contribution in [-0.4, -0.2) is 15.0 Å². The SMILES string of the molecule is O=c1cc(-c2cccc3ncccc23)c2[nH]c3cc(Cl)cc(Cl)c3c2[nH]1. The highest BCUT2D eigenvalue weighted by Gasteiger charge is 2.16. The summed E-state index contributed by atoms with van der Waals surface area (Å²) in [5.74, 6) is 0. The van der Waals surface area contributed by atoms with Gasteiger partial charge in [0.15, 0.2) is 0 Å². The van der Waals surface area contributed by atoms with Crippen molar-refractivity contribution in [1.82, 2.24) is 15.0 Å². The normalized spacial score (nSPS) is 11.6. The average Bonchev–Trinajstić information content (AvgIpc) is 2.98. The summed E-state index contributed by atoms with van der Waals surface area (Å²) in [5, 5.41) is 2.76. The van der Waals surface area contributed by atoms with Gasteiger partial charge in [-0.3, -0.25) is 9.78 Å². The Labute approximate surface area is 157 Å². The predicted octanol–water partition coefficient (Wildman–Crippen LogP) is 5.53. The number of pyridine rings is 2. The Morgan fingerprint density at radius 1 is 0.885 bits per heavy atom.